The zero-order valence-corrected chi connectivity index (χ0v) is 14.6. The molecular weight excluding hydrogens is 348 g/mol. The number of amides is 1. The molecule has 0 aliphatic carbocycles. The maximum absolute atomic E-state index is 12.0. The van der Waals surface area contributed by atoms with E-state index in [1.54, 1.807) is 44.2 Å². The number of aliphatic carboxylic acids is 2. The lowest BCUT2D eigenvalue weighted by Crippen LogP contribution is -2.54. The molecule has 136 valence electrons. The van der Waals surface area contributed by atoms with E-state index in [1.165, 1.54) is 11.8 Å². The van der Waals surface area contributed by atoms with Crippen molar-refractivity contribution in [2.75, 3.05) is 6.61 Å². The molecule has 0 aromatic heterocycles. The fourth-order valence-electron chi connectivity index (χ4n) is 2.47. The molecule has 25 heavy (non-hydrogen) atoms. The lowest BCUT2D eigenvalue weighted by atomic mass is 10.0. The molecule has 9 heteroatoms. The van der Waals surface area contributed by atoms with Gasteiger partial charge in [-0.15, -0.1) is 11.8 Å². The van der Waals surface area contributed by atoms with Gasteiger partial charge in [0.1, 0.15) is 11.8 Å². The van der Waals surface area contributed by atoms with Crippen molar-refractivity contribution in [3.63, 3.8) is 0 Å². The minimum atomic E-state index is -1.28. The molecule has 0 radical (unpaired) electrons. The highest BCUT2D eigenvalue weighted by Crippen LogP contribution is 2.39. The van der Waals surface area contributed by atoms with Crippen LogP contribution in [0.15, 0.2) is 30.3 Å². The zero-order valence-electron chi connectivity index (χ0n) is 13.8. The highest BCUT2D eigenvalue weighted by molar-refractivity contribution is 8.01. The number of carbonyl (C=O) groups excluding carboxylic acids is 1. The molecule has 1 aromatic carbocycles. The molecule has 1 aromatic rings. The van der Waals surface area contributed by atoms with Crippen LogP contribution in [-0.2, 0) is 14.4 Å². The third-order valence-electron chi connectivity index (χ3n) is 3.70. The Labute approximate surface area is 148 Å². The van der Waals surface area contributed by atoms with E-state index in [2.05, 4.69) is 10.6 Å². The second-order valence-corrected chi connectivity index (χ2v) is 7.86. The van der Waals surface area contributed by atoms with E-state index in [0.717, 1.165) is 0 Å². The average Bonchev–Trinajstić information content (AvgIpc) is 2.86. The maximum Gasteiger partial charge on any atom is 0.328 e. The molecule has 0 bridgehead atoms. The van der Waals surface area contributed by atoms with Gasteiger partial charge in [0.25, 0.3) is 5.91 Å². The van der Waals surface area contributed by atoms with Crippen LogP contribution in [0.1, 0.15) is 13.8 Å². The Bertz CT molecular complexity index is 651. The van der Waals surface area contributed by atoms with Crippen LogP contribution in [0.2, 0.25) is 0 Å². The Morgan fingerprint density at radius 3 is 2.44 bits per heavy atom. The van der Waals surface area contributed by atoms with Crippen LogP contribution in [0.3, 0.4) is 0 Å². The number of rotatable bonds is 7. The number of nitrogens with one attached hydrogen (secondary N) is 2. The molecule has 1 aliphatic rings. The number of carboxylic acid groups (broad SMARTS) is 2. The van der Waals surface area contributed by atoms with Crippen molar-refractivity contribution < 1.29 is 29.3 Å². The minimum Gasteiger partial charge on any atom is -0.484 e. The normalized spacial score (nSPS) is 22.8. The summed E-state index contributed by atoms with van der Waals surface area (Å²) in [6, 6.07) is 6.47. The van der Waals surface area contributed by atoms with Gasteiger partial charge in [0.15, 0.2) is 12.6 Å². The van der Waals surface area contributed by atoms with Crippen molar-refractivity contribution in [2.45, 2.75) is 36.1 Å². The highest BCUT2D eigenvalue weighted by atomic mass is 32.2. The fraction of sp³-hybridized carbons (Fsp3) is 0.438. The highest BCUT2D eigenvalue weighted by Gasteiger charge is 2.49. The van der Waals surface area contributed by atoms with E-state index in [0.29, 0.717) is 5.75 Å². The third kappa shape index (κ3) is 4.86. The number of para-hydroxylation sites is 1. The fourth-order valence-corrected chi connectivity index (χ4v) is 3.96. The number of benzene rings is 1. The van der Waals surface area contributed by atoms with Gasteiger partial charge in [-0.2, -0.15) is 0 Å². The molecule has 1 heterocycles. The topological polar surface area (TPSA) is 125 Å². The number of carbonyl (C=O) groups is 3. The van der Waals surface area contributed by atoms with Crippen molar-refractivity contribution in [1.82, 2.24) is 10.6 Å². The van der Waals surface area contributed by atoms with Crippen LogP contribution in [0.25, 0.3) is 0 Å². The smallest absolute Gasteiger partial charge is 0.328 e. The van der Waals surface area contributed by atoms with Crippen molar-refractivity contribution in [2.24, 2.45) is 0 Å². The molecule has 1 aliphatic heterocycles. The van der Waals surface area contributed by atoms with E-state index in [1.807, 2.05) is 0 Å². The van der Waals surface area contributed by atoms with Gasteiger partial charge in [-0.05, 0) is 26.0 Å². The van der Waals surface area contributed by atoms with Gasteiger partial charge in [-0.3, -0.25) is 14.9 Å². The largest absolute Gasteiger partial charge is 0.484 e. The third-order valence-corrected chi connectivity index (χ3v) is 5.21. The summed E-state index contributed by atoms with van der Waals surface area (Å²) < 4.78 is 4.57. The van der Waals surface area contributed by atoms with Gasteiger partial charge in [-0.25, -0.2) is 4.79 Å². The van der Waals surface area contributed by atoms with Gasteiger partial charge >= 0.3 is 11.9 Å². The van der Waals surface area contributed by atoms with E-state index < -0.39 is 40.1 Å². The Kier molecular flexibility index (Phi) is 5.91. The summed E-state index contributed by atoms with van der Waals surface area (Å²) in [4.78, 5) is 34.8. The predicted octanol–water partition coefficient (Wildman–Crippen LogP) is 0.529. The Balaban J connectivity index is 1.98. The summed E-state index contributed by atoms with van der Waals surface area (Å²) in [5.41, 5.74) is 0. The summed E-state index contributed by atoms with van der Waals surface area (Å²) in [6.07, 6.45) is 0. The van der Waals surface area contributed by atoms with Crippen LogP contribution >= 0.6 is 11.8 Å². The summed E-state index contributed by atoms with van der Waals surface area (Å²) in [7, 11) is 0. The van der Waals surface area contributed by atoms with Gasteiger partial charge in [0.05, 0.1) is 5.37 Å². The summed E-state index contributed by atoms with van der Waals surface area (Å²) >= 11 is 1.17. The van der Waals surface area contributed by atoms with Gasteiger partial charge in [0.2, 0.25) is 0 Å². The van der Waals surface area contributed by atoms with Gasteiger partial charge in [0, 0.05) is 4.75 Å². The van der Waals surface area contributed by atoms with Crippen LogP contribution in [0.4, 0.5) is 0 Å². The lowest BCUT2D eigenvalue weighted by Gasteiger charge is -2.22. The molecule has 0 saturated carbocycles. The second-order valence-electron chi connectivity index (χ2n) is 6.06. The first-order valence-electron chi connectivity index (χ1n) is 7.57. The van der Waals surface area contributed by atoms with E-state index >= 15 is 0 Å². The molecule has 2 rings (SSSR count). The zero-order chi connectivity index (χ0) is 18.6. The van der Waals surface area contributed by atoms with Gasteiger partial charge < -0.3 is 20.3 Å². The first kappa shape index (κ1) is 19.1. The van der Waals surface area contributed by atoms with Crippen LogP contribution < -0.4 is 15.4 Å². The first-order chi connectivity index (χ1) is 11.7. The predicted molar refractivity (Wildman–Crippen MR) is 91.5 cm³/mol. The van der Waals surface area contributed by atoms with Crippen LogP contribution in [0, 0.1) is 0 Å². The molecule has 8 nitrogen and oxygen atoms in total. The lowest BCUT2D eigenvalue weighted by molar-refractivity contribution is -0.143. The Hall–Kier alpha value is -2.26. The van der Waals surface area contributed by atoms with Crippen LogP contribution in [-0.4, -0.2) is 56.9 Å². The number of hydrogen-bond acceptors (Lipinski definition) is 6. The quantitative estimate of drug-likeness (QED) is 0.549. The first-order valence-corrected chi connectivity index (χ1v) is 8.45. The molecule has 3 atom stereocenters. The monoisotopic (exact) mass is 368 g/mol. The van der Waals surface area contributed by atoms with E-state index in [-0.39, 0.29) is 6.61 Å². The molecular formula is C16H20N2O6S. The number of thioether (sulfide) groups is 1. The molecule has 1 unspecified atom stereocenters. The second kappa shape index (κ2) is 7.75. The van der Waals surface area contributed by atoms with Crippen LogP contribution in [0.5, 0.6) is 5.75 Å². The molecule has 1 fully saturated rings. The molecule has 4 N–H and O–H groups in total. The molecule has 0 spiro atoms. The minimum absolute atomic E-state index is 0.336. The molecule has 1 amide bonds. The number of ether oxygens (including phenoxy) is 1. The Morgan fingerprint density at radius 1 is 1.28 bits per heavy atom. The van der Waals surface area contributed by atoms with Crippen molar-refractivity contribution in [1.29, 1.82) is 0 Å². The summed E-state index contributed by atoms with van der Waals surface area (Å²) in [5.74, 6) is -2.43. The van der Waals surface area contributed by atoms with E-state index in [4.69, 9.17) is 4.74 Å². The standard InChI is InChI=1S/C16H20N2O6S/c1-16(2)12(15(22)23)18-13(25-16)11(14(20)21)17-10(19)8-24-9-6-4-3-5-7-9/h3-7,11-13,18H,8H2,1-2H3,(H,17,19)(H,20,21)(H,22,23)/t11-,12?,13-/m0/s1. The maximum atomic E-state index is 12.0. The Morgan fingerprint density at radius 2 is 1.92 bits per heavy atom. The number of carboxylic acids is 2. The molecule has 1 saturated heterocycles. The summed E-state index contributed by atoms with van der Waals surface area (Å²) in [6.45, 7) is 3.09. The SMILES string of the molecule is CC1(C)S[C@@H]([C@H](NC(=O)COc2ccccc2)C(=O)O)NC1C(=O)O. The van der Waals surface area contributed by atoms with Crippen molar-refractivity contribution in [3.8, 4) is 5.75 Å². The van der Waals surface area contributed by atoms with Crippen molar-refractivity contribution >= 4 is 29.6 Å². The van der Waals surface area contributed by atoms with Crippen molar-refractivity contribution in [3.05, 3.63) is 30.3 Å². The van der Waals surface area contributed by atoms with E-state index in [9.17, 15) is 24.6 Å². The summed E-state index contributed by atoms with van der Waals surface area (Å²) in [5, 5.41) is 23.0. The van der Waals surface area contributed by atoms with Gasteiger partial charge in [-0.1, -0.05) is 18.2 Å². The average molecular weight is 368 g/mol. The number of hydrogen-bond donors (Lipinski definition) is 4.